The van der Waals surface area contributed by atoms with Gasteiger partial charge >= 0.3 is 0 Å². The molecule has 0 unspecified atom stereocenters. The van der Waals surface area contributed by atoms with Crippen LogP contribution in [0.5, 0.6) is 0 Å². The minimum atomic E-state index is -3.44. The zero-order chi connectivity index (χ0) is 17.2. The highest BCUT2D eigenvalue weighted by Gasteiger charge is 2.28. The Morgan fingerprint density at radius 1 is 1.35 bits per heavy atom. The number of amides is 1. The first kappa shape index (κ1) is 17.9. The molecule has 2 N–H and O–H groups in total. The predicted molar refractivity (Wildman–Crippen MR) is 89.1 cm³/mol. The second-order valence-corrected chi connectivity index (χ2v) is 8.54. The number of rotatable bonds is 5. The van der Waals surface area contributed by atoms with Gasteiger partial charge in [-0.25, -0.2) is 12.7 Å². The van der Waals surface area contributed by atoms with Crippen molar-refractivity contribution in [2.24, 2.45) is 11.7 Å². The van der Waals surface area contributed by atoms with Crippen molar-refractivity contribution in [1.29, 1.82) is 0 Å². The zero-order valence-corrected chi connectivity index (χ0v) is 14.7. The summed E-state index contributed by atoms with van der Waals surface area (Å²) in [5, 5.41) is 0. The summed E-state index contributed by atoms with van der Waals surface area (Å²) in [7, 11) is -0.397. The van der Waals surface area contributed by atoms with Crippen molar-refractivity contribution in [2.75, 3.05) is 20.6 Å². The molecule has 1 aliphatic heterocycles. The maximum atomic E-state index is 12.2. The Hall–Kier alpha value is -1.44. The van der Waals surface area contributed by atoms with Crippen LogP contribution in [0.15, 0.2) is 29.2 Å². The first-order chi connectivity index (χ1) is 10.7. The molecule has 0 aliphatic carbocycles. The van der Waals surface area contributed by atoms with Gasteiger partial charge in [0.05, 0.1) is 10.8 Å². The molecular formula is C16H25N3O3S. The van der Waals surface area contributed by atoms with Crippen LogP contribution in [0.2, 0.25) is 0 Å². The predicted octanol–water partition coefficient (Wildman–Crippen LogP) is 1.02. The van der Waals surface area contributed by atoms with E-state index >= 15 is 0 Å². The Kier molecular flexibility index (Phi) is 5.44. The fraction of sp³-hybridized carbons (Fsp3) is 0.562. The summed E-state index contributed by atoms with van der Waals surface area (Å²) in [6.07, 6.45) is 1.74. The van der Waals surface area contributed by atoms with Crippen LogP contribution in [0.4, 0.5) is 0 Å². The summed E-state index contributed by atoms with van der Waals surface area (Å²) in [5.41, 5.74) is 6.35. The van der Waals surface area contributed by atoms with E-state index < -0.39 is 10.0 Å². The van der Waals surface area contributed by atoms with E-state index in [0.29, 0.717) is 19.1 Å². The molecule has 1 fully saturated rings. The molecule has 1 aromatic rings. The molecule has 2 atom stereocenters. The highest BCUT2D eigenvalue weighted by molar-refractivity contribution is 7.89. The normalized spacial score (nSPS) is 23.1. The molecule has 1 aliphatic rings. The number of nitrogens with zero attached hydrogens (tertiary/aromatic N) is 2. The van der Waals surface area contributed by atoms with E-state index in [2.05, 4.69) is 11.8 Å². The smallest absolute Gasteiger partial charge is 0.242 e. The molecule has 1 saturated heterocycles. The fourth-order valence-electron chi connectivity index (χ4n) is 2.88. The second-order valence-electron chi connectivity index (χ2n) is 6.39. The van der Waals surface area contributed by atoms with Gasteiger partial charge in [0, 0.05) is 33.2 Å². The Morgan fingerprint density at radius 2 is 2.04 bits per heavy atom. The van der Waals surface area contributed by atoms with Crippen molar-refractivity contribution in [2.45, 2.75) is 37.2 Å². The molecule has 1 amide bonds. The largest absolute Gasteiger partial charge is 0.369 e. The van der Waals surface area contributed by atoms with Gasteiger partial charge in [0.1, 0.15) is 0 Å². The van der Waals surface area contributed by atoms with Gasteiger partial charge in [-0.15, -0.1) is 0 Å². The summed E-state index contributed by atoms with van der Waals surface area (Å²) < 4.78 is 25.7. The van der Waals surface area contributed by atoms with Crippen molar-refractivity contribution in [1.82, 2.24) is 9.21 Å². The molecule has 2 rings (SSSR count). The number of carbonyl (C=O) groups excluding carboxylic acids is 1. The number of piperidine rings is 1. The monoisotopic (exact) mass is 339 g/mol. The van der Waals surface area contributed by atoms with Crippen LogP contribution in [0.25, 0.3) is 0 Å². The Labute approximate surface area is 138 Å². The van der Waals surface area contributed by atoms with E-state index in [1.54, 1.807) is 18.2 Å². The third-order valence-electron chi connectivity index (χ3n) is 4.48. The topological polar surface area (TPSA) is 83.7 Å². The number of primary amides is 1. The summed E-state index contributed by atoms with van der Waals surface area (Å²) in [6, 6.07) is 7.32. The first-order valence-electron chi connectivity index (χ1n) is 7.76. The van der Waals surface area contributed by atoms with Crippen molar-refractivity contribution >= 4 is 15.9 Å². The minimum Gasteiger partial charge on any atom is -0.369 e. The lowest BCUT2D eigenvalue weighted by atomic mass is 9.92. The average Bonchev–Trinajstić information content (AvgIpc) is 2.49. The molecule has 7 heteroatoms. The van der Waals surface area contributed by atoms with Crippen LogP contribution < -0.4 is 5.73 Å². The Morgan fingerprint density at radius 3 is 2.65 bits per heavy atom. The van der Waals surface area contributed by atoms with E-state index in [1.807, 2.05) is 6.07 Å². The van der Waals surface area contributed by atoms with E-state index in [4.69, 9.17) is 5.73 Å². The van der Waals surface area contributed by atoms with Crippen molar-refractivity contribution in [3.8, 4) is 0 Å². The maximum Gasteiger partial charge on any atom is 0.242 e. The Balaban J connectivity index is 2.18. The number of sulfonamides is 1. The van der Waals surface area contributed by atoms with Gasteiger partial charge in [-0.3, -0.25) is 9.69 Å². The van der Waals surface area contributed by atoms with Gasteiger partial charge < -0.3 is 5.73 Å². The zero-order valence-electron chi connectivity index (χ0n) is 13.9. The van der Waals surface area contributed by atoms with Gasteiger partial charge in [0.15, 0.2) is 0 Å². The van der Waals surface area contributed by atoms with Gasteiger partial charge in [-0.2, -0.15) is 0 Å². The number of carbonyl (C=O) groups is 1. The highest BCUT2D eigenvalue weighted by Crippen LogP contribution is 2.24. The molecule has 6 nitrogen and oxygen atoms in total. The van der Waals surface area contributed by atoms with Crippen molar-refractivity contribution in [3.63, 3.8) is 0 Å². The molecule has 0 spiro atoms. The lowest BCUT2D eigenvalue weighted by Gasteiger charge is -2.36. The van der Waals surface area contributed by atoms with Crippen LogP contribution in [0.1, 0.15) is 25.3 Å². The van der Waals surface area contributed by atoms with Crippen LogP contribution in [0, 0.1) is 5.92 Å². The molecule has 1 aromatic carbocycles. The van der Waals surface area contributed by atoms with E-state index in [-0.39, 0.29) is 16.7 Å². The standard InChI is InChI=1S/C16H25N3O3S/c1-12-7-8-14(16(17)20)11-19(12)10-13-5-4-6-15(9-13)23(21,22)18(2)3/h4-6,9,12,14H,7-8,10-11H2,1-3H3,(H2,17,20)/t12-,14-/m1/s1. The van der Waals surface area contributed by atoms with Crippen molar-refractivity contribution < 1.29 is 13.2 Å². The van der Waals surface area contributed by atoms with Gasteiger partial charge in [0.25, 0.3) is 0 Å². The lowest BCUT2D eigenvalue weighted by molar-refractivity contribution is -0.124. The molecule has 0 aromatic heterocycles. The quantitative estimate of drug-likeness (QED) is 0.868. The molecular weight excluding hydrogens is 314 g/mol. The Bertz CT molecular complexity index is 673. The van der Waals surface area contributed by atoms with E-state index in [9.17, 15) is 13.2 Å². The third-order valence-corrected chi connectivity index (χ3v) is 6.29. The molecule has 0 bridgehead atoms. The molecule has 0 radical (unpaired) electrons. The number of likely N-dealkylation sites (tertiary alicyclic amines) is 1. The minimum absolute atomic E-state index is 0.125. The van der Waals surface area contributed by atoms with Gasteiger partial charge in [-0.05, 0) is 37.5 Å². The molecule has 0 saturated carbocycles. The lowest BCUT2D eigenvalue weighted by Crippen LogP contribution is -2.45. The number of hydrogen-bond donors (Lipinski definition) is 1. The number of hydrogen-bond acceptors (Lipinski definition) is 4. The maximum absolute atomic E-state index is 12.2. The first-order valence-corrected chi connectivity index (χ1v) is 9.20. The van der Waals surface area contributed by atoms with E-state index in [0.717, 1.165) is 18.4 Å². The summed E-state index contributed by atoms with van der Waals surface area (Å²) >= 11 is 0. The van der Waals surface area contributed by atoms with Crippen LogP contribution >= 0.6 is 0 Å². The average molecular weight is 339 g/mol. The highest BCUT2D eigenvalue weighted by atomic mass is 32.2. The van der Waals surface area contributed by atoms with Gasteiger partial charge in [-0.1, -0.05) is 12.1 Å². The van der Waals surface area contributed by atoms with Gasteiger partial charge in [0.2, 0.25) is 15.9 Å². The van der Waals surface area contributed by atoms with E-state index in [1.165, 1.54) is 18.4 Å². The SMILES string of the molecule is C[C@@H]1CC[C@@H](C(N)=O)CN1Cc1cccc(S(=O)(=O)N(C)C)c1. The molecule has 128 valence electrons. The fourth-order valence-corrected chi connectivity index (χ4v) is 3.85. The summed E-state index contributed by atoms with van der Waals surface area (Å²) in [6.45, 7) is 3.36. The molecule has 1 heterocycles. The van der Waals surface area contributed by atoms with Crippen LogP contribution in [-0.2, 0) is 21.4 Å². The number of benzene rings is 1. The summed E-state index contributed by atoms with van der Waals surface area (Å²) in [5.74, 6) is -0.384. The third kappa shape index (κ3) is 4.10. The second kappa shape index (κ2) is 6.98. The molecule has 23 heavy (non-hydrogen) atoms. The van der Waals surface area contributed by atoms with Crippen LogP contribution in [0.3, 0.4) is 0 Å². The van der Waals surface area contributed by atoms with Crippen molar-refractivity contribution in [3.05, 3.63) is 29.8 Å². The summed E-state index contributed by atoms with van der Waals surface area (Å²) in [4.78, 5) is 13.9. The van der Waals surface area contributed by atoms with Crippen LogP contribution in [-0.4, -0.2) is 50.2 Å². The number of nitrogens with two attached hydrogens (primary N) is 1.